The molecule has 1 fully saturated rings. The number of benzene rings is 1. The van der Waals surface area contributed by atoms with Crippen LogP contribution in [0.1, 0.15) is 31.2 Å². The van der Waals surface area contributed by atoms with Gasteiger partial charge < -0.3 is 10.4 Å². The van der Waals surface area contributed by atoms with E-state index in [2.05, 4.69) is 5.32 Å². The van der Waals surface area contributed by atoms with E-state index in [0.29, 0.717) is 12.8 Å². The Bertz CT molecular complexity index is 522. The number of rotatable bonds is 4. The fraction of sp³-hybridized carbons (Fsp3) is 0.500. The molecule has 1 aliphatic rings. The van der Waals surface area contributed by atoms with E-state index in [1.165, 1.54) is 12.1 Å². The second kappa shape index (κ2) is 5.90. The predicted molar refractivity (Wildman–Crippen MR) is 74.8 cm³/mol. The quantitative estimate of drug-likeness (QED) is 0.652. The highest BCUT2D eigenvalue weighted by Gasteiger charge is 2.26. The maximum absolute atomic E-state index is 10.9. The molecule has 0 spiro atoms. The molecule has 0 saturated heterocycles. The van der Waals surface area contributed by atoms with Crippen LogP contribution in [0.2, 0.25) is 0 Å². The molecule has 2 rings (SSSR count). The summed E-state index contributed by atoms with van der Waals surface area (Å²) in [6.07, 6.45) is 2.86. The molecule has 0 heterocycles. The van der Waals surface area contributed by atoms with Gasteiger partial charge >= 0.3 is 5.97 Å². The number of anilines is 1. The highest BCUT2D eigenvalue weighted by atomic mass is 16.6. The van der Waals surface area contributed by atoms with Crippen LogP contribution in [-0.2, 0) is 4.79 Å². The molecule has 0 unspecified atom stereocenters. The molecule has 1 saturated carbocycles. The van der Waals surface area contributed by atoms with Crippen molar-refractivity contribution in [3.05, 3.63) is 33.9 Å². The third kappa shape index (κ3) is 3.46. The highest BCUT2D eigenvalue weighted by molar-refractivity contribution is 5.70. The van der Waals surface area contributed by atoms with Crippen molar-refractivity contribution in [2.75, 3.05) is 5.32 Å². The molecule has 20 heavy (non-hydrogen) atoms. The van der Waals surface area contributed by atoms with Gasteiger partial charge in [0.05, 0.1) is 10.8 Å². The van der Waals surface area contributed by atoms with Crippen LogP contribution in [0, 0.1) is 23.0 Å². The molecule has 6 heteroatoms. The molecule has 1 aromatic carbocycles. The van der Waals surface area contributed by atoms with Gasteiger partial charge in [-0.05, 0) is 44.2 Å². The average Bonchev–Trinajstić information content (AvgIpc) is 2.38. The summed E-state index contributed by atoms with van der Waals surface area (Å²) >= 11 is 0. The van der Waals surface area contributed by atoms with E-state index in [0.717, 1.165) is 24.1 Å². The normalized spacial score (nSPS) is 22.2. The van der Waals surface area contributed by atoms with Gasteiger partial charge in [0, 0.05) is 23.9 Å². The van der Waals surface area contributed by atoms with E-state index in [-0.39, 0.29) is 17.6 Å². The molecule has 0 aromatic heterocycles. The van der Waals surface area contributed by atoms with Gasteiger partial charge in [0.15, 0.2) is 0 Å². The predicted octanol–water partition coefficient (Wildman–Crippen LogP) is 2.96. The summed E-state index contributed by atoms with van der Waals surface area (Å²) in [5.74, 6) is -0.977. The Morgan fingerprint density at radius 3 is 2.50 bits per heavy atom. The number of carboxylic acid groups (broad SMARTS) is 1. The number of nitrogens with zero attached hydrogens (tertiary/aromatic N) is 1. The van der Waals surface area contributed by atoms with Crippen molar-refractivity contribution in [2.45, 2.75) is 38.6 Å². The maximum atomic E-state index is 10.9. The summed E-state index contributed by atoms with van der Waals surface area (Å²) in [7, 11) is 0. The average molecular weight is 278 g/mol. The topological polar surface area (TPSA) is 92.5 Å². The lowest BCUT2D eigenvalue weighted by molar-refractivity contribution is -0.384. The zero-order valence-electron chi connectivity index (χ0n) is 11.3. The Morgan fingerprint density at radius 2 is 1.95 bits per heavy atom. The standard InChI is InChI=1S/C14H18N2O4/c1-9-6-12(8-13(7-9)16(19)20)15-11-4-2-10(3-5-11)14(17)18/h6-8,10-11,15H,2-5H2,1H3,(H,17,18). The highest BCUT2D eigenvalue weighted by Crippen LogP contribution is 2.28. The monoisotopic (exact) mass is 278 g/mol. The van der Waals surface area contributed by atoms with Gasteiger partial charge in [-0.15, -0.1) is 0 Å². The van der Waals surface area contributed by atoms with Gasteiger partial charge in [0.1, 0.15) is 0 Å². The lowest BCUT2D eigenvalue weighted by Gasteiger charge is -2.27. The Labute approximate surface area is 117 Å². The molecule has 0 atom stereocenters. The summed E-state index contributed by atoms with van der Waals surface area (Å²) in [4.78, 5) is 21.3. The van der Waals surface area contributed by atoms with Crippen LogP contribution in [-0.4, -0.2) is 22.0 Å². The van der Waals surface area contributed by atoms with Crippen LogP contribution >= 0.6 is 0 Å². The first kappa shape index (κ1) is 14.3. The summed E-state index contributed by atoms with van der Waals surface area (Å²) < 4.78 is 0. The van der Waals surface area contributed by atoms with Crippen LogP contribution in [0.15, 0.2) is 18.2 Å². The van der Waals surface area contributed by atoms with Gasteiger partial charge in [0.2, 0.25) is 0 Å². The number of non-ortho nitro benzene ring substituents is 1. The first-order valence-electron chi connectivity index (χ1n) is 6.71. The van der Waals surface area contributed by atoms with Gasteiger partial charge in [-0.2, -0.15) is 0 Å². The van der Waals surface area contributed by atoms with Gasteiger partial charge in [-0.3, -0.25) is 14.9 Å². The number of aliphatic carboxylic acids is 1. The van der Waals surface area contributed by atoms with Crippen LogP contribution in [0.3, 0.4) is 0 Å². The molecule has 0 aliphatic heterocycles. The van der Waals surface area contributed by atoms with E-state index in [1.54, 1.807) is 0 Å². The molecule has 108 valence electrons. The SMILES string of the molecule is Cc1cc(NC2CCC(C(=O)O)CC2)cc([N+](=O)[O-])c1. The molecule has 1 aliphatic carbocycles. The first-order valence-corrected chi connectivity index (χ1v) is 6.71. The maximum Gasteiger partial charge on any atom is 0.306 e. The van der Waals surface area contributed by atoms with E-state index < -0.39 is 10.9 Å². The van der Waals surface area contributed by atoms with Crippen molar-refractivity contribution in [1.82, 2.24) is 0 Å². The zero-order valence-corrected chi connectivity index (χ0v) is 11.3. The zero-order chi connectivity index (χ0) is 14.7. The molecular weight excluding hydrogens is 260 g/mol. The minimum Gasteiger partial charge on any atom is -0.481 e. The number of nitrogens with one attached hydrogen (secondary N) is 1. The number of carbonyl (C=O) groups is 1. The van der Waals surface area contributed by atoms with E-state index >= 15 is 0 Å². The van der Waals surface area contributed by atoms with Crippen molar-refractivity contribution in [1.29, 1.82) is 0 Å². The van der Waals surface area contributed by atoms with Gasteiger partial charge in [-0.25, -0.2) is 0 Å². The van der Waals surface area contributed by atoms with Crippen LogP contribution in [0.5, 0.6) is 0 Å². The molecule has 0 radical (unpaired) electrons. The lowest BCUT2D eigenvalue weighted by Crippen LogP contribution is -2.29. The van der Waals surface area contributed by atoms with Crippen LogP contribution in [0.25, 0.3) is 0 Å². The Hall–Kier alpha value is -2.11. The Balaban J connectivity index is 2.01. The van der Waals surface area contributed by atoms with Crippen molar-refractivity contribution in [3.63, 3.8) is 0 Å². The van der Waals surface area contributed by atoms with E-state index in [4.69, 9.17) is 5.11 Å². The minimum absolute atomic E-state index is 0.0757. The Kier molecular flexibility index (Phi) is 4.22. The van der Waals surface area contributed by atoms with Crippen LogP contribution < -0.4 is 5.32 Å². The number of hydrogen-bond donors (Lipinski definition) is 2. The second-order valence-electron chi connectivity index (χ2n) is 5.35. The number of aryl methyl sites for hydroxylation is 1. The van der Waals surface area contributed by atoms with Crippen molar-refractivity contribution >= 4 is 17.3 Å². The van der Waals surface area contributed by atoms with Gasteiger partial charge in [0.25, 0.3) is 5.69 Å². The van der Waals surface area contributed by atoms with Crippen molar-refractivity contribution < 1.29 is 14.8 Å². The molecule has 2 N–H and O–H groups in total. The summed E-state index contributed by atoms with van der Waals surface area (Å²) in [6, 6.07) is 5.12. The number of nitro groups is 1. The third-order valence-corrected chi connectivity index (χ3v) is 3.72. The van der Waals surface area contributed by atoms with E-state index in [9.17, 15) is 14.9 Å². The fourth-order valence-corrected chi connectivity index (χ4v) is 2.67. The number of carboxylic acids is 1. The first-order chi connectivity index (χ1) is 9.45. The van der Waals surface area contributed by atoms with Gasteiger partial charge in [-0.1, -0.05) is 0 Å². The fourth-order valence-electron chi connectivity index (χ4n) is 2.67. The summed E-state index contributed by atoms with van der Waals surface area (Å²) in [6.45, 7) is 1.82. The molecule has 0 bridgehead atoms. The third-order valence-electron chi connectivity index (χ3n) is 3.72. The molecular formula is C14H18N2O4. The minimum atomic E-state index is -0.727. The van der Waals surface area contributed by atoms with E-state index in [1.807, 2.05) is 13.0 Å². The molecule has 0 amide bonds. The second-order valence-corrected chi connectivity index (χ2v) is 5.35. The van der Waals surface area contributed by atoms with Crippen molar-refractivity contribution in [3.8, 4) is 0 Å². The lowest BCUT2D eigenvalue weighted by atomic mass is 9.86. The summed E-state index contributed by atoms with van der Waals surface area (Å²) in [5.41, 5.74) is 1.64. The Morgan fingerprint density at radius 1 is 1.30 bits per heavy atom. The summed E-state index contributed by atoms with van der Waals surface area (Å²) in [5, 5.41) is 23.1. The molecule has 6 nitrogen and oxygen atoms in total. The van der Waals surface area contributed by atoms with Crippen LogP contribution in [0.4, 0.5) is 11.4 Å². The smallest absolute Gasteiger partial charge is 0.306 e. The molecule has 1 aromatic rings. The van der Waals surface area contributed by atoms with Crippen molar-refractivity contribution in [2.24, 2.45) is 5.92 Å². The largest absolute Gasteiger partial charge is 0.481 e. The number of nitro benzene ring substituents is 1. The number of hydrogen-bond acceptors (Lipinski definition) is 4.